The minimum Gasteiger partial charge on any atom is -0.508 e. The van der Waals surface area contributed by atoms with E-state index >= 15 is 0 Å². The van der Waals surface area contributed by atoms with Gasteiger partial charge in [-0.25, -0.2) is 15.2 Å². The second-order valence-electron chi connectivity index (χ2n) is 9.46. The summed E-state index contributed by atoms with van der Waals surface area (Å²) in [7, 11) is 1.67. The molecular weight excluding hydrogens is 416 g/mol. The molecule has 5 N–H and O–H groups in total. The van der Waals surface area contributed by atoms with E-state index in [9.17, 15) is 9.90 Å². The van der Waals surface area contributed by atoms with Crippen molar-refractivity contribution in [1.82, 2.24) is 31.0 Å². The van der Waals surface area contributed by atoms with Gasteiger partial charge >= 0.3 is 6.03 Å². The Hall–Kier alpha value is -2.84. The van der Waals surface area contributed by atoms with Crippen molar-refractivity contribution in [3.8, 4) is 5.75 Å². The van der Waals surface area contributed by atoms with E-state index in [0.717, 1.165) is 55.7 Å². The Balaban J connectivity index is 1.27. The molecule has 5 rings (SSSR count). The fraction of sp³-hybridized carbons (Fsp3) is 0.520. The van der Waals surface area contributed by atoms with Crippen molar-refractivity contribution >= 4 is 11.6 Å². The molecule has 2 amide bonds. The first-order valence-corrected chi connectivity index (χ1v) is 12.1. The van der Waals surface area contributed by atoms with Crippen LogP contribution in [0.2, 0.25) is 0 Å². The number of imidazole rings is 1. The Morgan fingerprint density at radius 1 is 1.30 bits per heavy atom. The van der Waals surface area contributed by atoms with Crippen LogP contribution in [0.1, 0.15) is 67.2 Å². The molecule has 1 aromatic carbocycles. The first-order chi connectivity index (χ1) is 16.1. The monoisotopic (exact) mass is 450 g/mol. The Bertz CT molecular complexity index is 1050. The van der Waals surface area contributed by atoms with E-state index in [1.165, 1.54) is 11.1 Å². The molecule has 4 unspecified atom stereocenters. The topological polar surface area (TPSA) is 105 Å². The maximum Gasteiger partial charge on any atom is 0.317 e. The number of amides is 2. The first-order valence-electron chi connectivity index (χ1n) is 12.1. The number of fused-ring (bicyclic) bond motifs is 1. The summed E-state index contributed by atoms with van der Waals surface area (Å²) in [5.41, 5.74) is 11.8. The average molecular weight is 451 g/mol. The highest BCUT2D eigenvalue weighted by atomic mass is 16.3. The first kappa shape index (κ1) is 22.0. The second kappa shape index (κ2) is 9.19. The molecule has 176 valence electrons. The molecule has 2 fully saturated rings. The summed E-state index contributed by atoms with van der Waals surface area (Å²) >= 11 is 0. The largest absolute Gasteiger partial charge is 0.508 e. The van der Waals surface area contributed by atoms with Gasteiger partial charge in [-0.05, 0) is 72.8 Å². The highest BCUT2D eigenvalue weighted by molar-refractivity contribution is 5.78. The van der Waals surface area contributed by atoms with Gasteiger partial charge in [0, 0.05) is 26.2 Å². The van der Waals surface area contributed by atoms with Crippen molar-refractivity contribution in [3.63, 3.8) is 0 Å². The van der Waals surface area contributed by atoms with Crippen molar-refractivity contribution in [3.05, 3.63) is 53.1 Å². The summed E-state index contributed by atoms with van der Waals surface area (Å²) in [4.78, 5) is 22.1. The molecule has 2 aromatic rings. The third-order valence-electron chi connectivity index (χ3n) is 7.59. The number of benzene rings is 1. The maximum absolute atomic E-state index is 12.0. The number of carbonyl (C=O) groups is 1. The number of phenolic OH excluding ortho intramolecular Hbond substituents is 1. The molecule has 1 aliphatic carbocycles. The van der Waals surface area contributed by atoms with Gasteiger partial charge in [0.05, 0.1) is 17.9 Å². The summed E-state index contributed by atoms with van der Waals surface area (Å²) in [6.07, 6.45) is 9.22. The van der Waals surface area contributed by atoms with E-state index < -0.39 is 0 Å². The van der Waals surface area contributed by atoms with E-state index in [-0.39, 0.29) is 12.1 Å². The number of aromatic amines is 1. The van der Waals surface area contributed by atoms with Gasteiger partial charge < -0.3 is 20.3 Å². The molecule has 1 saturated heterocycles. The van der Waals surface area contributed by atoms with Crippen LogP contribution in [0.4, 0.5) is 4.79 Å². The standard InChI is InChI=1S/C25H34N6O2/c1-3-15-11-18(32)7-9-19(15)16-6-8-20-21(12-16)29-30-23(20)24-27-13-22(28-24)17-5-4-10-31(14-17)25(33)26-2/h5,7,9,11,13,16,20-21,23,29-30,32H,3-4,6,8,10,12,14H2,1-2H3,(H,26,33)(H,27,28). The minimum absolute atomic E-state index is 0.0403. The predicted octanol–water partition coefficient (Wildman–Crippen LogP) is 3.21. The van der Waals surface area contributed by atoms with Crippen LogP contribution in [-0.2, 0) is 6.42 Å². The molecule has 2 aliphatic heterocycles. The van der Waals surface area contributed by atoms with E-state index in [1.54, 1.807) is 7.05 Å². The van der Waals surface area contributed by atoms with E-state index in [2.05, 4.69) is 40.2 Å². The molecule has 33 heavy (non-hydrogen) atoms. The number of aromatic hydroxyl groups is 1. The smallest absolute Gasteiger partial charge is 0.317 e. The normalized spacial score (nSPS) is 27.2. The number of carbonyl (C=O) groups excluding carboxylic acids is 1. The van der Waals surface area contributed by atoms with Crippen LogP contribution in [-0.4, -0.2) is 52.2 Å². The number of hydrazine groups is 1. The van der Waals surface area contributed by atoms with Crippen molar-refractivity contribution in [2.75, 3.05) is 20.1 Å². The number of nitrogens with one attached hydrogen (secondary N) is 4. The van der Waals surface area contributed by atoms with Gasteiger partial charge in [-0.2, -0.15) is 0 Å². The zero-order chi connectivity index (χ0) is 22.9. The minimum atomic E-state index is -0.0403. The Morgan fingerprint density at radius 3 is 3.00 bits per heavy atom. The summed E-state index contributed by atoms with van der Waals surface area (Å²) < 4.78 is 0. The lowest BCUT2D eigenvalue weighted by Gasteiger charge is -2.33. The van der Waals surface area contributed by atoms with Gasteiger partial charge in [-0.1, -0.05) is 19.1 Å². The quantitative estimate of drug-likeness (QED) is 0.492. The number of phenols is 1. The maximum atomic E-state index is 12.0. The number of nitrogens with zero attached hydrogens (tertiary/aromatic N) is 2. The number of hydrogen-bond donors (Lipinski definition) is 5. The van der Waals surface area contributed by atoms with Gasteiger partial charge in [0.25, 0.3) is 0 Å². The zero-order valence-electron chi connectivity index (χ0n) is 19.4. The molecular formula is C25H34N6O2. The van der Waals surface area contributed by atoms with Gasteiger partial charge in [0.2, 0.25) is 0 Å². The third-order valence-corrected chi connectivity index (χ3v) is 7.59. The summed E-state index contributed by atoms with van der Waals surface area (Å²) in [6.45, 7) is 3.49. The van der Waals surface area contributed by atoms with Crippen LogP contribution < -0.4 is 16.2 Å². The molecule has 3 heterocycles. The number of rotatable bonds is 4. The Morgan fingerprint density at radius 2 is 2.18 bits per heavy atom. The highest BCUT2D eigenvalue weighted by Crippen LogP contribution is 2.44. The van der Waals surface area contributed by atoms with E-state index in [0.29, 0.717) is 30.2 Å². The predicted molar refractivity (Wildman–Crippen MR) is 128 cm³/mol. The number of aryl methyl sites for hydroxylation is 1. The molecule has 0 radical (unpaired) electrons. The molecule has 8 heteroatoms. The van der Waals surface area contributed by atoms with Crippen LogP contribution in [0, 0.1) is 5.92 Å². The molecule has 4 atom stereocenters. The lowest BCUT2D eigenvalue weighted by molar-refractivity contribution is 0.206. The Labute approximate surface area is 194 Å². The van der Waals surface area contributed by atoms with E-state index in [4.69, 9.17) is 4.98 Å². The van der Waals surface area contributed by atoms with Gasteiger partial charge in [-0.3, -0.25) is 5.43 Å². The summed E-state index contributed by atoms with van der Waals surface area (Å²) in [5.74, 6) is 2.29. The van der Waals surface area contributed by atoms with Gasteiger partial charge in [0.1, 0.15) is 11.6 Å². The molecule has 8 nitrogen and oxygen atoms in total. The van der Waals surface area contributed by atoms with Crippen LogP contribution in [0.5, 0.6) is 5.75 Å². The zero-order valence-corrected chi connectivity index (χ0v) is 19.4. The highest BCUT2D eigenvalue weighted by Gasteiger charge is 2.42. The fourth-order valence-electron chi connectivity index (χ4n) is 5.84. The van der Waals surface area contributed by atoms with Crippen LogP contribution in [0.3, 0.4) is 0 Å². The second-order valence-corrected chi connectivity index (χ2v) is 9.46. The number of aromatic nitrogens is 2. The van der Waals surface area contributed by atoms with Crippen molar-refractivity contribution in [2.45, 2.75) is 57.0 Å². The Kier molecular flexibility index (Phi) is 6.12. The molecule has 0 spiro atoms. The van der Waals surface area contributed by atoms with Gasteiger partial charge in [0.15, 0.2) is 0 Å². The molecule has 1 aromatic heterocycles. The van der Waals surface area contributed by atoms with Crippen LogP contribution in [0.25, 0.3) is 5.57 Å². The number of H-pyrrole nitrogens is 1. The van der Waals surface area contributed by atoms with Crippen LogP contribution in [0.15, 0.2) is 30.5 Å². The lowest BCUT2D eigenvalue weighted by atomic mass is 9.73. The summed E-state index contributed by atoms with van der Waals surface area (Å²) in [5, 5.41) is 12.6. The SMILES string of the molecule is CCc1cc(O)ccc1C1CCC2C(C1)NNC2c1ncc(C2=CCCN(C(=O)NC)C2)[nH]1. The molecule has 3 aliphatic rings. The van der Waals surface area contributed by atoms with E-state index in [1.807, 2.05) is 23.2 Å². The lowest BCUT2D eigenvalue weighted by Crippen LogP contribution is -2.41. The van der Waals surface area contributed by atoms with Crippen molar-refractivity contribution in [1.29, 1.82) is 0 Å². The van der Waals surface area contributed by atoms with Crippen LogP contribution >= 0.6 is 0 Å². The number of urea groups is 1. The molecule has 0 bridgehead atoms. The average Bonchev–Trinajstić information content (AvgIpc) is 3.50. The van der Waals surface area contributed by atoms with Crippen molar-refractivity contribution in [2.24, 2.45) is 5.92 Å². The van der Waals surface area contributed by atoms with Gasteiger partial charge in [-0.15, -0.1) is 0 Å². The fourth-order valence-corrected chi connectivity index (χ4v) is 5.84. The van der Waals surface area contributed by atoms with Crippen molar-refractivity contribution < 1.29 is 9.90 Å². The third kappa shape index (κ3) is 4.25. The summed E-state index contributed by atoms with van der Waals surface area (Å²) in [6, 6.07) is 6.34. The number of hydrogen-bond acceptors (Lipinski definition) is 5. The molecule has 1 saturated carbocycles.